The van der Waals surface area contributed by atoms with Gasteiger partial charge in [-0.1, -0.05) is 64.5 Å². The fourth-order valence-corrected chi connectivity index (χ4v) is 4.85. The van der Waals surface area contributed by atoms with E-state index in [1.807, 2.05) is 0 Å². The second-order valence-electron chi connectivity index (χ2n) is 7.90. The maximum absolute atomic E-state index is 3.68. The van der Waals surface area contributed by atoms with Gasteiger partial charge < -0.3 is 0 Å². The summed E-state index contributed by atoms with van der Waals surface area (Å²) in [7, 11) is 0. The molecule has 2 saturated heterocycles. The van der Waals surface area contributed by atoms with Gasteiger partial charge in [-0.05, 0) is 43.1 Å². The second-order valence-corrected chi connectivity index (χ2v) is 8.75. The highest BCUT2D eigenvalue weighted by molar-refractivity contribution is 9.10. The Hall–Kier alpha value is -1.20. The molecular formula is C23H30BrN3. The molecule has 2 aliphatic rings. The zero-order chi connectivity index (χ0) is 18.5. The summed E-state index contributed by atoms with van der Waals surface area (Å²) in [5.41, 5.74) is 2.84. The second kappa shape index (κ2) is 9.33. The first kappa shape index (κ1) is 19.1. The van der Waals surface area contributed by atoms with E-state index in [-0.39, 0.29) is 0 Å². The molecule has 2 fully saturated rings. The summed E-state index contributed by atoms with van der Waals surface area (Å²) in [5.74, 6) is 0. The van der Waals surface area contributed by atoms with Crippen LogP contribution in [0.3, 0.4) is 0 Å². The van der Waals surface area contributed by atoms with Crippen molar-refractivity contribution in [3.63, 3.8) is 0 Å². The molecule has 4 rings (SSSR count). The molecule has 3 nitrogen and oxygen atoms in total. The zero-order valence-corrected chi connectivity index (χ0v) is 17.7. The van der Waals surface area contributed by atoms with E-state index in [0.29, 0.717) is 0 Å². The minimum Gasteiger partial charge on any atom is -0.299 e. The first-order valence-corrected chi connectivity index (χ1v) is 11.0. The average molecular weight is 428 g/mol. The molecule has 144 valence electrons. The van der Waals surface area contributed by atoms with Crippen molar-refractivity contribution in [3.05, 3.63) is 70.2 Å². The molecule has 2 heterocycles. The first-order chi connectivity index (χ1) is 13.3. The fourth-order valence-electron chi connectivity index (χ4n) is 4.44. The summed E-state index contributed by atoms with van der Waals surface area (Å²) in [5, 5.41) is 0. The van der Waals surface area contributed by atoms with Crippen molar-refractivity contribution >= 4 is 15.9 Å². The van der Waals surface area contributed by atoms with Crippen LogP contribution in [-0.4, -0.2) is 60.0 Å². The Kier molecular flexibility index (Phi) is 6.61. The maximum atomic E-state index is 3.68. The third-order valence-electron chi connectivity index (χ3n) is 6.08. The fraction of sp³-hybridized carbons (Fsp3) is 0.478. The van der Waals surface area contributed by atoms with Gasteiger partial charge in [-0.25, -0.2) is 0 Å². The monoisotopic (exact) mass is 427 g/mol. The molecule has 0 aliphatic carbocycles. The molecule has 27 heavy (non-hydrogen) atoms. The van der Waals surface area contributed by atoms with Gasteiger partial charge in [-0.2, -0.15) is 0 Å². The molecule has 0 bridgehead atoms. The van der Waals surface area contributed by atoms with E-state index in [1.165, 1.54) is 67.7 Å². The number of halogens is 1. The van der Waals surface area contributed by atoms with Gasteiger partial charge >= 0.3 is 0 Å². The zero-order valence-electron chi connectivity index (χ0n) is 16.1. The predicted octanol–water partition coefficient (Wildman–Crippen LogP) is 4.23. The Bertz CT molecular complexity index is 705. The third kappa shape index (κ3) is 5.20. The smallest absolute Gasteiger partial charge is 0.0246 e. The Morgan fingerprint density at radius 3 is 2.04 bits per heavy atom. The number of hydrogen-bond donors (Lipinski definition) is 0. The Morgan fingerprint density at radius 1 is 0.704 bits per heavy atom. The summed E-state index contributed by atoms with van der Waals surface area (Å²) in [4.78, 5) is 7.96. The van der Waals surface area contributed by atoms with Crippen LogP contribution in [0.1, 0.15) is 24.0 Å². The molecule has 0 spiro atoms. The molecule has 4 heteroatoms. The molecular weight excluding hydrogens is 398 g/mol. The summed E-state index contributed by atoms with van der Waals surface area (Å²) in [6.07, 6.45) is 2.63. The number of benzene rings is 2. The van der Waals surface area contributed by atoms with Crippen LogP contribution in [0.4, 0.5) is 0 Å². The number of piperazine rings is 1. The van der Waals surface area contributed by atoms with Crippen molar-refractivity contribution in [2.45, 2.75) is 32.0 Å². The molecule has 0 atom stereocenters. The van der Waals surface area contributed by atoms with E-state index in [4.69, 9.17) is 0 Å². The summed E-state index contributed by atoms with van der Waals surface area (Å²) >= 11 is 3.68. The lowest BCUT2D eigenvalue weighted by molar-refractivity contribution is 0.0549. The highest BCUT2D eigenvalue weighted by atomic mass is 79.9. The van der Waals surface area contributed by atoms with Crippen LogP contribution in [0.2, 0.25) is 0 Å². The minimum absolute atomic E-state index is 0.780. The van der Waals surface area contributed by atoms with Crippen molar-refractivity contribution in [3.8, 4) is 0 Å². The summed E-state index contributed by atoms with van der Waals surface area (Å²) in [6, 6.07) is 20.3. The van der Waals surface area contributed by atoms with Gasteiger partial charge in [0.25, 0.3) is 0 Å². The van der Waals surface area contributed by atoms with E-state index in [2.05, 4.69) is 85.2 Å². The Labute approximate surface area is 172 Å². The molecule has 0 saturated carbocycles. The minimum atomic E-state index is 0.780. The van der Waals surface area contributed by atoms with Crippen LogP contribution in [-0.2, 0) is 13.1 Å². The number of hydrogen-bond acceptors (Lipinski definition) is 3. The normalized spacial score (nSPS) is 20.8. The Morgan fingerprint density at radius 2 is 1.33 bits per heavy atom. The SMILES string of the molecule is Brc1ccccc1CN1CCN(C2CCN(Cc3ccccc3)CC2)CC1. The number of piperidine rings is 1. The van der Waals surface area contributed by atoms with Crippen LogP contribution < -0.4 is 0 Å². The van der Waals surface area contributed by atoms with Crippen LogP contribution >= 0.6 is 15.9 Å². The van der Waals surface area contributed by atoms with Crippen LogP contribution in [0.25, 0.3) is 0 Å². The first-order valence-electron chi connectivity index (χ1n) is 10.2. The molecule has 0 radical (unpaired) electrons. The highest BCUT2D eigenvalue weighted by Gasteiger charge is 2.27. The van der Waals surface area contributed by atoms with Gasteiger partial charge in [-0.15, -0.1) is 0 Å². The molecule has 2 aromatic carbocycles. The van der Waals surface area contributed by atoms with Crippen molar-refractivity contribution in [1.29, 1.82) is 0 Å². The van der Waals surface area contributed by atoms with Crippen LogP contribution in [0, 0.1) is 0 Å². The van der Waals surface area contributed by atoms with Gasteiger partial charge in [-0.3, -0.25) is 14.7 Å². The topological polar surface area (TPSA) is 9.72 Å². The summed E-state index contributed by atoms with van der Waals surface area (Å²) < 4.78 is 1.23. The van der Waals surface area contributed by atoms with E-state index in [1.54, 1.807) is 0 Å². The van der Waals surface area contributed by atoms with Gasteiger partial charge in [0, 0.05) is 49.8 Å². The van der Waals surface area contributed by atoms with E-state index >= 15 is 0 Å². The van der Waals surface area contributed by atoms with Gasteiger partial charge in [0.05, 0.1) is 0 Å². The van der Waals surface area contributed by atoms with Gasteiger partial charge in [0.2, 0.25) is 0 Å². The predicted molar refractivity (Wildman–Crippen MR) is 116 cm³/mol. The molecule has 0 unspecified atom stereocenters. The quantitative estimate of drug-likeness (QED) is 0.706. The number of rotatable bonds is 5. The highest BCUT2D eigenvalue weighted by Crippen LogP contribution is 2.22. The van der Waals surface area contributed by atoms with Gasteiger partial charge in [0.15, 0.2) is 0 Å². The lowest BCUT2D eigenvalue weighted by Gasteiger charge is -2.43. The summed E-state index contributed by atoms with van der Waals surface area (Å²) in [6.45, 7) is 9.43. The van der Waals surface area contributed by atoms with Crippen LogP contribution in [0.15, 0.2) is 59.1 Å². The average Bonchev–Trinajstić information content (AvgIpc) is 2.72. The van der Waals surface area contributed by atoms with Crippen molar-refractivity contribution < 1.29 is 0 Å². The maximum Gasteiger partial charge on any atom is 0.0246 e. The largest absolute Gasteiger partial charge is 0.299 e. The number of nitrogens with zero attached hydrogens (tertiary/aromatic N) is 3. The van der Waals surface area contributed by atoms with Crippen molar-refractivity contribution in [2.75, 3.05) is 39.3 Å². The van der Waals surface area contributed by atoms with E-state index in [0.717, 1.165) is 19.1 Å². The Balaban J connectivity index is 1.21. The van der Waals surface area contributed by atoms with Gasteiger partial charge in [0.1, 0.15) is 0 Å². The number of likely N-dealkylation sites (tertiary alicyclic amines) is 1. The lowest BCUT2D eigenvalue weighted by Crippen LogP contribution is -2.52. The lowest BCUT2D eigenvalue weighted by atomic mass is 10.0. The molecule has 2 aromatic rings. The molecule has 0 aromatic heterocycles. The molecule has 0 amide bonds. The van der Waals surface area contributed by atoms with Crippen molar-refractivity contribution in [2.24, 2.45) is 0 Å². The van der Waals surface area contributed by atoms with E-state index in [9.17, 15) is 0 Å². The van der Waals surface area contributed by atoms with E-state index < -0.39 is 0 Å². The molecule has 0 N–H and O–H groups in total. The van der Waals surface area contributed by atoms with Crippen molar-refractivity contribution in [1.82, 2.24) is 14.7 Å². The molecule has 2 aliphatic heterocycles. The van der Waals surface area contributed by atoms with Crippen LogP contribution in [0.5, 0.6) is 0 Å². The standard InChI is InChI=1S/C23H30BrN3/c24-23-9-5-4-8-21(23)19-26-14-16-27(17-15-26)22-10-12-25(13-11-22)18-20-6-2-1-3-7-20/h1-9,22H,10-19H2. The third-order valence-corrected chi connectivity index (χ3v) is 6.85.